The zero-order chi connectivity index (χ0) is 20.3. The van der Waals surface area contributed by atoms with Crippen molar-refractivity contribution >= 4 is 6.29 Å². The summed E-state index contributed by atoms with van der Waals surface area (Å²) in [6.07, 6.45) is 17.6. The van der Waals surface area contributed by atoms with Crippen molar-refractivity contribution in [2.24, 2.45) is 0 Å². The largest absolute Gasteiger partial charge is 0.303 e. The van der Waals surface area contributed by atoms with E-state index in [-0.39, 0.29) is 24.2 Å². The standard InChI is InChI=1S/C20H30N2O5/c1-2-3-4-5-6-7-9-14-19(21(24)25)16-11-12-17-20(22(26)27)15-10-8-13-18-23/h6-7,11-12,14-15,18H,2-5,8-10,13,16-17H2,1H3/b7-6-,12-11-,19-14+,20-15+. The second-order valence-electron chi connectivity index (χ2n) is 6.09. The third-order valence-electron chi connectivity index (χ3n) is 3.83. The Morgan fingerprint density at radius 1 is 0.778 bits per heavy atom. The van der Waals surface area contributed by atoms with Gasteiger partial charge in [-0.3, -0.25) is 20.2 Å². The van der Waals surface area contributed by atoms with Crippen molar-refractivity contribution in [1.29, 1.82) is 0 Å². The number of allylic oxidation sites excluding steroid dienone is 6. The molecule has 7 heteroatoms. The van der Waals surface area contributed by atoms with Crippen LogP contribution in [0.4, 0.5) is 0 Å². The van der Waals surface area contributed by atoms with Crippen molar-refractivity contribution < 1.29 is 14.6 Å². The van der Waals surface area contributed by atoms with Crippen LogP contribution >= 0.6 is 0 Å². The van der Waals surface area contributed by atoms with E-state index in [1.54, 1.807) is 18.2 Å². The van der Waals surface area contributed by atoms with E-state index in [1.165, 1.54) is 12.5 Å². The number of carbonyl (C=O) groups is 1. The van der Waals surface area contributed by atoms with Crippen LogP contribution in [0.5, 0.6) is 0 Å². The van der Waals surface area contributed by atoms with Gasteiger partial charge in [0, 0.05) is 6.42 Å². The van der Waals surface area contributed by atoms with Crippen molar-refractivity contribution in [3.8, 4) is 0 Å². The zero-order valence-electron chi connectivity index (χ0n) is 16.0. The maximum Gasteiger partial charge on any atom is 0.246 e. The average Bonchev–Trinajstić information content (AvgIpc) is 2.63. The molecular weight excluding hydrogens is 348 g/mol. The third-order valence-corrected chi connectivity index (χ3v) is 3.83. The number of hydrogen-bond acceptors (Lipinski definition) is 5. The first-order valence-corrected chi connectivity index (χ1v) is 9.43. The van der Waals surface area contributed by atoms with Crippen molar-refractivity contribution in [2.45, 2.75) is 71.1 Å². The van der Waals surface area contributed by atoms with Crippen LogP contribution in [0.25, 0.3) is 0 Å². The molecule has 0 aliphatic heterocycles. The monoisotopic (exact) mass is 378 g/mol. The SMILES string of the molecule is CCCCC/C=C\C/C=C(\C/C=C\C/C(=C\CCCC=O)[N+](=O)[O-])[N+](=O)[O-]. The molecule has 0 radical (unpaired) electrons. The van der Waals surface area contributed by atoms with Crippen LogP contribution in [0.2, 0.25) is 0 Å². The molecule has 0 amide bonds. The molecule has 0 saturated heterocycles. The molecule has 150 valence electrons. The van der Waals surface area contributed by atoms with Gasteiger partial charge in [0.05, 0.1) is 22.7 Å². The lowest BCUT2D eigenvalue weighted by atomic mass is 10.1. The summed E-state index contributed by atoms with van der Waals surface area (Å²) in [5.74, 6) is 0. The summed E-state index contributed by atoms with van der Waals surface area (Å²) in [4.78, 5) is 31.4. The van der Waals surface area contributed by atoms with E-state index in [4.69, 9.17) is 0 Å². The van der Waals surface area contributed by atoms with E-state index >= 15 is 0 Å². The maximum atomic E-state index is 11.1. The van der Waals surface area contributed by atoms with Crippen molar-refractivity contribution in [3.63, 3.8) is 0 Å². The topological polar surface area (TPSA) is 103 Å². The summed E-state index contributed by atoms with van der Waals surface area (Å²) in [5.41, 5.74) is 0.126. The Morgan fingerprint density at radius 3 is 1.96 bits per heavy atom. The van der Waals surface area contributed by atoms with E-state index in [1.807, 2.05) is 12.2 Å². The lowest BCUT2D eigenvalue weighted by Crippen LogP contribution is -1.99. The summed E-state index contributed by atoms with van der Waals surface area (Å²) in [5, 5.41) is 22.0. The summed E-state index contributed by atoms with van der Waals surface area (Å²) in [6, 6.07) is 0. The molecule has 0 aliphatic carbocycles. The van der Waals surface area contributed by atoms with Crippen molar-refractivity contribution in [3.05, 3.63) is 68.1 Å². The Hall–Kier alpha value is -2.57. The predicted octanol–water partition coefficient (Wildman–Crippen LogP) is 5.54. The van der Waals surface area contributed by atoms with E-state index < -0.39 is 9.85 Å². The fourth-order valence-corrected chi connectivity index (χ4v) is 2.27. The minimum atomic E-state index is -0.459. The Bertz CT molecular complexity index is 577. The molecule has 0 unspecified atom stereocenters. The lowest BCUT2D eigenvalue weighted by Gasteiger charge is -1.96. The molecule has 0 spiro atoms. The molecular formula is C20H30N2O5. The predicted molar refractivity (Wildman–Crippen MR) is 106 cm³/mol. The van der Waals surface area contributed by atoms with Crippen molar-refractivity contribution in [1.82, 2.24) is 0 Å². The fraction of sp³-hybridized carbons (Fsp3) is 0.550. The van der Waals surface area contributed by atoms with Gasteiger partial charge in [-0.1, -0.05) is 44.1 Å². The number of unbranched alkanes of at least 4 members (excludes halogenated alkanes) is 5. The van der Waals surface area contributed by atoms with Gasteiger partial charge in [0.25, 0.3) is 0 Å². The molecule has 7 nitrogen and oxygen atoms in total. The Labute approximate surface area is 160 Å². The summed E-state index contributed by atoms with van der Waals surface area (Å²) in [6.45, 7) is 2.14. The highest BCUT2D eigenvalue weighted by Gasteiger charge is 2.09. The van der Waals surface area contributed by atoms with Crippen molar-refractivity contribution in [2.75, 3.05) is 0 Å². The number of nitro groups is 2. The van der Waals surface area contributed by atoms with Gasteiger partial charge in [0.1, 0.15) is 6.29 Å². The number of hydrogen-bond donors (Lipinski definition) is 0. The molecule has 0 bridgehead atoms. The van der Waals surface area contributed by atoms with Gasteiger partial charge in [0.15, 0.2) is 0 Å². The molecule has 0 rings (SSSR count). The molecule has 27 heavy (non-hydrogen) atoms. The second kappa shape index (κ2) is 16.9. The Morgan fingerprint density at radius 2 is 1.41 bits per heavy atom. The molecule has 0 N–H and O–H groups in total. The fourth-order valence-electron chi connectivity index (χ4n) is 2.27. The molecule has 0 atom stereocenters. The van der Waals surface area contributed by atoms with Crippen LogP contribution in [0, 0.1) is 20.2 Å². The maximum absolute atomic E-state index is 11.1. The molecule has 0 saturated carbocycles. The number of nitrogens with zero attached hydrogens (tertiary/aromatic N) is 2. The van der Waals surface area contributed by atoms with Gasteiger partial charge >= 0.3 is 0 Å². The van der Waals surface area contributed by atoms with Crippen LogP contribution in [-0.2, 0) is 4.79 Å². The van der Waals surface area contributed by atoms with E-state index in [9.17, 15) is 25.0 Å². The molecule has 0 heterocycles. The first kappa shape index (κ1) is 24.4. The summed E-state index contributed by atoms with van der Waals surface area (Å²) >= 11 is 0. The van der Waals surface area contributed by atoms with Gasteiger partial charge in [-0.05, 0) is 44.3 Å². The van der Waals surface area contributed by atoms with Crippen LogP contribution in [-0.4, -0.2) is 16.1 Å². The van der Waals surface area contributed by atoms with Gasteiger partial charge in [-0.15, -0.1) is 0 Å². The average molecular weight is 378 g/mol. The van der Waals surface area contributed by atoms with Crippen LogP contribution in [0.1, 0.15) is 71.1 Å². The summed E-state index contributed by atoms with van der Waals surface area (Å²) in [7, 11) is 0. The zero-order valence-corrected chi connectivity index (χ0v) is 16.0. The number of aldehydes is 1. The minimum Gasteiger partial charge on any atom is -0.303 e. The first-order chi connectivity index (χ1) is 13.0. The molecule has 0 aromatic heterocycles. The highest BCUT2D eigenvalue weighted by Crippen LogP contribution is 2.10. The minimum absolute atomic E-state index is 0.0406. The van der Waals surface area contributed by atoms with E-state index in [0.717, 1.165) is 25.5 Å². The summed E-state index contributed by atoms with van der Waals surface area (Å²) < 4.78 is 0. The molecule has 0 aromatic rings. The Kier molecular flexibility index (Phi) is 15.3. The van der Waals surface area contributed by atoms with Gasteiger partial charge in [0.2, 0.25) is 11.4 Å². The van der Waals surface area contributed by atoms with Gasteiger partial charge in [-0.25, -0.2) is 0 Å². The molecule has 0 aromatic carbocycles. The van der Waals surface area contributed by atoms with Crippen LogP contribution in [0.3, 0.4) is 0 Å². The van der Waals surface area contributed by atoms with Gasteiger partial charge < -0.3 is 4.79 Å². The van der Waals surface area contributed by atoms with E-state index in [2.05, 4.69) is 6.92 Å². The molecule has 0 fully saturated rings. The second-order valence-corrected chi connectivity index (χ2v) is 6.09. The van der Waals surface area contributed by atoms with Gasteiger partial charge in [-0.2, -0.15) is 0 Å². The third kappa shape index (κ3) is 14.3. The first-order valence-electron chi connectivity index (χ1n) is 9.43. The number of carbonyl (C=O) groups excluding carboxylic acids is 1. The normalized spacial score (nSPS) is 12.8. The van der Waals surface area contributed by atoms with Crippen LogP contribution < -0.4 is 0 Å². The lowest BCUT2D eigenvalue weighted by molar-refractivity contribution is -0.427. The Balaban J connectivity index is 4.48. The smallest absolute Gasteiger partial charge is 0.246 e. The number of rotatable bonds is 16. The van der Waals surface area contributed by atoms with Crippen LogP contribution in [0.15, 0.2) is 47.9 Å². The highest BCUT2D eigenvalue weighted by atomic mass is 16.6. The molecule has 0 aliphatic rings. The van der Waals surface area contributed by atoms with E-state index in [0.29, 0.717) is 25.7 Å². The quantitative estimate of drug-likeness (QED) is 0.115. The highest BCUT2D eigenvalue weighted by molar-refractivity contribution is 5.49.